The summed E-state index contributed by atoms with van der Waals surface area (Å²) in [6.45, 7) is 3.34. The molecule has 1 aliphatic heterocycles. The van der Waals surface area contributed by atoms with Gasteiger partial charge in [-0.25, -0.2) is 9.37 Å². The van der Waals surface area contributed by atoms with Crippen molar-refractivity contribution >= 4 is 11.7 Å². The van der Waals surface area contributed by atoms with Gasteiger partial charge in [0.15, 0.2) is 0 Å². The minimum absolute atomic E-state index is 0.159. The molecule has 132 valence electrons. The first-order chi connectivity index (χ1) is 12.1. The monoisotopic (exact) mass is 342 g/mol. The molecule has 0 spiro atoms. The second-order valence-electron chi connectivity index (χ2n) is 6.51. The Morgan fingerprint density at radius 3 is 2.88 bits per heavy atom. The summed E-state index contributed by atoms with van der Waals surface area (Å²) in [5.41, 5.74) is 7.45. The number of hydrogen-bond donors (Lipinski definition) is 2. The van der Waals surface area contributed by atoms with Gasteiger partial charge in [0.2, 0.25) is 0 Å². The molecule has 2 aromatic rings. The van der Waals surface area contributed by atoms with Gasteiger partial charge in [-0.05, 0) is 55.6 Å². The normalized spacial score (nSPS) is 18.0. The van der Waals surface area contributed by atoms with Crippen LogP contribution in [-0.2, 0) is 6.54 Å². The predicted octanol–water partition coefficient (Wildman–Crippen LogP) is 2.44. The van der Waals surface area contributed by atoms with E-state index in [4.69, 9.17) is 5.73 Å². The largest absolute Gasteiger partial charge is 0.383 e. The summed E-state index contributed by atoms with van der Waals surface area (Å²) in [6, 6.07) is 9.51. The van der Waals surface area contributed by atoms with Gasteiger partial charge in [0.1, 0.15) is 11.6 Å². The van der Waals surface area contributed by atoms with Gasteiger partial charge < -0.3 is 11.1 Å². The van der Waals surface area contributed by atoms with E-state index in [0.717, 1.165) is 38.0 Å². The van der Waals surface area contributed by atoms with Crippen LogP contribution in [0.1, 0.15) is 28.8 Å². The molecule has 0 aliphatic carbocycles. The zero-order chi connectivity index (χ0) is 17.6. The van der Waals surface area contributed by atoms with Crippen molar-refractivity contribution in [1.82, 2.24) is 15.2 Å². The van der Waals surface area contributed by atoms with Gasteiger partial charge in [-0.15, -0.1) is 0 Å². The summed E-state index contributed by atoms with van der Waals surface area (Å²) >= 11 is 0. The van der Waals surface area contributed by atoms with Crippen LogP contribution in [0.5, 0.6) is 0 Å². The molecule has 1 amide bonds. The van der Waals surface area contributed by atoms with Crippen LogP contribution in [0.15, 0.2) is 42.6 Å². The second kappa shape index (κ2) is 8.07. The van der Waals surface area contributed by atoms with Crippen molar-refractivity contribution in [1.29, 1.82) is 0 Å². The van der Waals surface area contributed by atoms with E-state index in [1.165, 1.54) is 24.3 Å². The molecular formula is C19H23FN4O. The molecule has 1 aliphatic rings. The average molecular weight is 342 g/mol. The van der Waals surface area contributed by atoms with Crippen molar-refractivity contribution < 1.29 is 9.18 Å². The van der Waals surface area contributed by atoms with E-state index in [0.29, 0.717) is 23.8 Å². The number of nitrogens with two attached hydrogens (primary N) is 1. The quantitative estimate of drug-likeness (QED) is 0.875. The molecule has 25 heavy (non-hydrogen) atoms. The van der Waals surface area contributed by atoms with Crippen LogP contribution in [-0.4, -0.2) is 35.4 Å². The smallest absolute Gasteiger partial charge is 0.251 e. The first-order valence-electron chi connectivity index (χ1n) is 8.57. The Balaban J connectivity index is 1.51. The zero-order valence-corrected chi connectivity index (χ0v) is 14.1. The fraction of sp³-hybridized carbons (Fsp3) is 0.368. The number of nitrogen functional groups attached to an aromatic ring is 1. The fourth-order valence-electron chi connectivity index (χ4n) is 3.23. The van der Waals surface area contributed by atoms with Gasteiger partial charge in [-0.3, -0.25) is 9.69 Å². The average Bonchev–Trinajstić information content (AvgIpc) is 2.63. The molecule has 0 saturated carbocycles. The summed E-state index contributed by atoms with van der Waals surface area (Å²) in [5, 5.41) is 2.96. The summed E-state index contributed by atoms with van der Waals surface area (Å²) in [4.78, 5) is 18.6. The topological polar surface area (TPSA) is 71.2 Å². The fourth-order valence-corrected chi connectivity index (χ4v) is 3.23. The van der Waals surface area contributed by atoms with Gasteiger partial charge in [0.05, 0.1) is 0 Å². The highest BCUT2D eigenvalue weighted by Gasteiger charge is 2.21. The number of carbonyl (C=O) groups is 1. The Hall–Kier alpha value is -2.47. The first kappa shape index (κ1) is 17.4. The molecule has 1 atom stereocenters. The number of hydrogen-bond acceptors (Lipinski definition) is 4. The number of likely N-dealkylation sites (tertiary alicyclic amines) is 1. The van der Waals surface area contributed by atoms with Crippen LogP contribution in [0, 0.1) is 11.7 Å². The van der Waals surface area contributed by atoms with E-state index in [1.807, 2.05) is 12.1 Å². The van der Waals surface area contributed by atoms with E-state index in [9.17, 15) is 9.18 Å². The molecule has 5 nitrogen and oxygen atoms in total. The number of halogens is 1. The lowest BCUT2D eigenvalue weighted by atomic mass is 9.97. The number of nitrogens with one attached hydrogen (secondary N) is 1. The van der Waals surface area contributed by atoms with Crippen molar-refractivity contribution in [2.24, 2.45) is 5.92 Å². The summed E-state index contributed by atoms with van der Waals surface area (Å²) in [6.07, 6.45) is 3.88. The standard InChI is InChI=1S/C19H23FN4O/c20-17-7-5-15(6-8-17)19(25)23-11-14-3-2-10-24(12-14)13-16-4-1-9-22-18(16)21/h1,4-9,14H,2-3,10-13H2,(H2,21,22)(H,23,25)/t14-/m1/s1. The molecule has 1 aromatic carbocycles. The summed E-state index contributed by atoms with van der Waals surface area (Å²) in [7, 11) is 0. The Morgan fingerprint density at radius 1 is 1.32 bits per heavy atom. The number of anilines is 1. The minimum atomic E-state index is -0.339. The number of nitrogens with zero attached hydrogens (tertiary/aromatic N) is 2. The number of rotatable bonds is 5. The lowest BCUT2D eigenvalue weighted by molar-refractivity contribution is 0.0930. The van der Waals surface area contributed by atoms with E-state index >= 15 is 0 Å². The molecule has 0 unspecified atom stereocenters. The van der Waals surface area contributed by atoms with Crippen molar-refractivity contribution in [3.63, 3.8) is 0 Å². The molecule has 3 N–H and O–H groups in total. The Labute approximate surface area is 147 Å². The molecule has 1 fully saturated rings. The second-order valence-corrected chi connectivity index (χ2v) is 6.51. The highest BCUT2D eigenvalue weighted by Crippen LogP contribution is 2.19. The lowest BCUT2D eigenvalue weighted by Gasteiger charge is -2.33. The third kappa shape index (κ3) is 4.76. The molecule has 1 aromatic heterocycles. The molecular weight excluding hydrogens is 319 g/mol. The van der Waals surface area contributed by atoms with E-state index in [1.54, 1.807) is 6.20 Å². The molecule has 1 saturated heterocycles. The number of amides is 1. The number of piperidine rings is 1. The van der Waals surface area contributed by atoms with E-state index in [2.05, 4.69) is 15.2 Å². The molecule has 0 radical (unpaired) electrons. The highest BCUT2D eigenvalue weighted by atomic mass is 19.1. The highest BCUT2D eigenvalue weighted by molar-refractivity contribution is 5.94. The predicted molar refractivity (Wildman–Crippen MR) is 95.4 cm³/mol. The molecule has 6 heteroatoms. The maximum Gasteiger partial charge on any atom is 0.251 e. The number of benzene rings is 1. The third-order valence-corrected chi connectivity index (χ3v) is 4.58. The van der Waals surface area contributed by atoms with E-state index in [-0.39, 0.29) is 11.7 Å². The van der Waals surface area contributed by atoms with Crippen LogP contribution in [0.3, 0.4) is 0 Å². The Kier molecular flexibility index (Phi) is 5.60. The molecule has 3 rings (SSSR count). The van der Waals surface area contributed by atoms with Crippen molar-refractivity contribution in [2.45, 2.75) is 19.4 Å². The number of aromatic nitrogens is 1. The van der Waals surface area contributed by atoms with Crippen molar-refractivity contribution in [3.05, 3.63) is 59.5 Å². The van der Waals surface area contributed by atoms with Crippen LogP contribution < -0.4 is 11.1 Å². The maximum atomic E-state index is 12.9. The van der Waals surface area contributed by atoms with Gasteiger partial charge in [0, 0.05) is 37.0 Å². The van der Waals surface area contributed by atoms with Gasteiger partial charge in [-0.1, -0.05) is 6.07 Å². The number of carbonyl (C=O) groups excluding carboxylic acids is 1. The van der Waals surface area contributed by atoms with Crippen molar-refractivity contribution in [3.8, 4) is 0 Å². The lowest BCUT2D eigenvalue weighted by Crippen LogP contribution is -2.40. The minimum Gasteiger partial charge on any atom is -0.383 e. The van der Waals surface area contributed by atoms with Gasteiger partial charge in [0.25, 0.3) is 5.91 Å². The van der Waals surface area contributed by atoms with Crippen molar-refractivity contribution in [2.75, 3.05) is 25.4 Å². The summed E-state index contributed by atoms with van der Waals surface area (Å²) < 4.78 is 12.9. The molecule has 2 heterocycles. The molecule has 0 bridgehead atoms. The van der Waals surface area contributed by atoms with Crippen LogP contribution in [0.4, 0.5) is 10.2 Å². The Bertz CT molecular complexity index is 720. The van der Waals surface area contributed by atoms with Gasteiger partial charge in [-0.2, -0.15) is 0 Å². The summed E-state index contributed by atoms with van der Waals surface area (Å²) in [5.74, 6) is 0.480. The Morgan fingerprint density at radius 2 is 2.12 bits per heavy atom. The third-order valence-electron chi connectivity index (χ3n) is 4.58. The van der Waals surface area contributed by atoms with Crippen LogP contribution in [0.2, 0.25) is 0 Å². The van der Waals surface area contributed by atoms with Crippen LogP contribution in [0.25, 0.3) is 0 Å². The number of pyridine rings is 1. The zero-order valence-electron chi connectivity index (χ0n) is 14.1. The SMILES string of the molecule is Nc1ncccc1CN1CCC[C@H](CNC(=O)c2ccc(F)cc2)C1. The first-order valence-corrected chi connectivity index (χ1v) is 8.57. The van der Waals surface area contributed by atoms with Gasteiger partial charge >= 0.3 is 0 Å². The van der Waals surface area contributed by atoms with E-state index < -0.39 is 0 Å². The maximum absolute atomic E-state index is 12.9. The van der Waals surface area contributed by atoms with Crippen LogP contribution >= 0.6 is 0 Å².